The quantitative estimate of drug-likeness (QED) is 0.787. The van der Waals surface area contributed by atoms with Crippen molar-refractivity contribution in [2.45, 2.75) is 45.2 Å². The number of carbonyl (C=O) groups is 1. The standard InChI is InChI=1S/C21H29N5O/c1-16(2)24-21-22-13-18(14-23-21)20(27)25-19-9-6-11-26(15-19)12-10-17-7-4-3-5-8-17/h3-5,7-8,13-14,16,19H,6,9-12,15H2,1-2H3,(H,25,27)(H,22,23,24)/t19-/m1/s1. The maximum absolute atomic E-state index is 12.5. The molecule has 2 N–H and O–H groups in total. The molecule has 0 bridgehead atoms. The van der Waals surface area contributed by atoms with Crippen LogP contribution in [0.1, 0.15) is 42.6 Å². The molecule has 144 valence electrons. The molecule has 27 heavy (non-hydrogen) atoms. The number of amides is 1. The van der Waals surface area contributed by atoms with E-state index in [1.54, 1.807) is 12.4 Å². The van der Waals surface area contributed by atoms with Crippen LogP contribution in [0.5, 0.6) is 0 Å². The van der Waals surface area contributed by atoms with Gasteiger partial charge in [-0.05, 0) is 45.2 Å². The monoisotopic (exact) mass is 367 g/mol. The van der Waals surface area contributed by atoms with Gasteiger partial charge in [-0.15, -0.1) is 0 Å². The van der Waals surface area contributed by atoms with E-state index >= 15 is 0 Å². The van der Waals surface area contributed by atoms with Gasteiger partial charge in [0.05, 0.1) is 5.56 Å². The molecular weight excluding hydrogens is 338 g/mol. The predicted octanol–water partition coefficient (Wildman–Crippen LogP) is 2.73. The number of nitrogens with zero attached hydrogens (tertiary/aromatic N) is 3. The van der Waals surface area contributed by atoms with Gasteiger partial charge in [0.15, 0.2) is 0 Å². The maximum Gasteiger partial charge on any atom is 0.254 e. The lowest BCUT2D eigenvalue weighted by molar-refractivity contribution is 0.0903. The summed E-state index contributed by atoms with van der Waals surface area (Å²) in [5, 5.41) is 6.27. The zero-order valence-corrected chi connectivity index (χ0v) is 16.2. The summed E-state index contributed by atoms with van der Waals surface area (Å²) in [7, 11) is 0. The Balaban J connectivity index is 1.48. The fraction of sp³-hybridized carbons (Fsp3) is 0.476. The third-order valence-electron chi connectivity index (χ3n) is 4.73. The van der Waals surface area contributed by atoms with Gasteiger partial charge in [-0.2, -0.15) is 0 Å². The molecule has 2 heterocycles. The van der Waals surface area contributed by atoms with Crippen LogP contribution in [0.25, 0.3) is 0 Å². The van der Waals surface area contributed by atoms with E-state index in [-0.39, 0.29) is 18.0 Å². The van der Waals surface area contributed by atoms with Crippen LogP contribution < -0.4 is 10.6 Å². The van der Waals surface area contributed by atoms with Crippen molar-refractivity contribution < 1.29 is 4.79 Å². The summed E-state index contributed by atoms with van der Waals surface area (Å²) in [5.41, 5.74) is 1.86. The van der Waals surface area contributed by atoms with Gasteiger partial charge in [0, 0.05) is 37.6 Å². The molecular formula is C21H29N5O. The molecule has 1 atom stereocenters. The van der Waals surface area contributed by atoms with Gasteiger partial charge in [-0.1, -0.05) is 30.3 Å². The topological polar surface area (TPSA) is 70.2 Å². The fourth-order valence-electron chi connectivity index (χ4n) is 3.36. The normalized spacial score (nSPS) is 17.7. The maximum atomic E-state index is 12.5. The molecule has 0 spiro atoms. The van der Waals surface area contributed by atoms with Gasteiger partial charge < -0.3 is 15.5 Å². The molecule has 1 fully saturated rings. The second-order valence-corrected chi connectivity index (χ2v) is 7.44. The number of benzene rings is 1. The third-order valence-corrected chi connectivity index (χ3v) is 4.73. The van der Waals surface area contributed by atoms with Crippen LogP contribution >= 0.6 is 0 Å². The van der Waals surface area contributed by atoms with E-state index in [1.807, 2.05) is 19.9 Å². The second kappa shape index (κ2) is 9.46. The minimum absolute atomic E-state index is 0.0963. The Morgan fingerprint density at radius 2 is 1.96 bits per heavy atom. The van der Waals surface area contributed by atoms with Gasteiger partial charge in [-0.25, -0.2) is 9.97 Å². The van der Waals surface area contributed by atoms with Gasteiger partial charge >= 0.3 is 0 Å². The SMILES string of the molecule is CC(C)Nc1ncc(C(=O)N[C@@H]2CCCN(CCc3ccccc3)C2)cn1. The first-order chi connectivity index (χ1) is 13.1. The molecule has 6 nitrogen and oxygen atoms in total. The van der Waals surface area contributed by atoms with Gasteiger partial charge in [-0.3, -0.25) is 4.79 Å². The van der Waals surface area contributed by atoms with Crippen molar-refractivity contribution in [1.82, 2.24) is 20.2 Å². The Morgan fingerprint density at radius 1 is 1.22 bits per heavy atom. The zero-order valence-electron chi connectivity index (χ0n) is 16.2. The molecule has 0 unspecified atom stereocenters. The highest BCUT2D eigenvalue weighted by Gasteiger charge is 2.22. The first-order valence-electron chi connectivity index (χ1n) is 9.76. The number of likely N-dealkylation sites (tertiary alicyclic amines) is 1. The molecule has 1 saturated heterocycles. The van der Waals surface area contributed by atoms with E-state index in [0.29, 0.717) is 11.5 Å². The largest absolute Gasteiger partial charge is 0.352 e. The molecule has 0 aliphatic carbocycles. The van der Waals surface area contributed by atoms with Crippen molar-refractivity contribution in [2.24, 2.45) is 0 Å². The number of piperidine rings is 1. The highest BCUT2D eigenvalue weighted by Crippen LogP contribution is 2.12. The molecule has 3 rings (SSSR count). The Kier molecular flexibility index (Phi) is 6.76. The summed E-state index contributed by atoms with van der Waals surface area (Å²) >= 11 is 0. The molecule has 2 aromatic rings. The van der Waals surface area contributed by atoms with Crippen LogP contribution in [-0.2, 0) is 6.42 Å². The predicted molar refractivity (Wildman–Crippen MR) is 108 cm³/mol. The number of rotatable bonds is 7. The second-order valence-electron chi connectivity index (χ2n) is 7.44. The van der Waals surface area contributed by atoms with E-state index < -0.39 is 0 Å². The van der Waals surface area contributed by atoms with E-state index in [2.05, 4.69) is 49.8 Å². The van der Waals surface area contributed by atoms with Crippen LogP contribution in [0, 0.1) is 0 Å². The van der Waals surface area contributed by atoms with E-state index in [1.165, 1.54) is 5.56 Å². The van der Waals surface area contributed by atoms with Crippen LogP contribution in [0.3, 0.4) is 0 Å². The average molecular weight is 367 g/mol. The number of carbonyl (C=O) groups excluding carboxylic acids is 1. The summed E-state index contributed by atoms with van der Waals surface area (Å²) in [6, 6.07) is 11.0. The fourth-order valence-corrected chi connectivity index (χ4v) is 3.36. The zero-order chi connectivity index (χ0) is 19.1. The first-order valence-corrected chi connectivity index (χ1v) is 9.76. The highest BCUT2D eigenvalue weighted by atomic mass is 16.1. The molecule has 0 radical (unpaired) electrons. The molecule has 1 aromatic carbocycles. The molecule has 6 heteroatoms. The smallest absolute Gasteiger partial charge is 0.254 e. The molecule has 1 amide bonds. The van der Waals surface area contributed by atoms with Crippen LogP contribution in [0.2, 0.25) is 0 Å². The van der Waals surface area contributed by atoms with Gasteiger partial charge in [0.1, 0.15) is 0 Å². The molecule has 1 aliphatic rings. The summed E-state index contributed by atoms with van der Waals surface area (Å²) in [6.45, 7) is 7.06. The first kappa shape index (κ1) is 19.3. The minimum atomic E-state index is -0.0963. The number of aromatic nitrogens is 2. The summed E-state index contributed by atoms with van der Waals surface area (Å²) in [5.74, 6) is 0.451. The number of anilines is 1. The third kappa shape index (κ3) is 6.03. The van der Waals surface area contributed by atoms with Crippen LogP contribution in [0.15, 0.2) is 42.7 Å². The lowest BCUT2D eigenvalue weighted by Crippen LogP contribution is -2.48. The van der Waals surface area contributed by atoms with Crippen molar-refractivity contribution in [3.8, 4) is 0 Å². The Labute approximate surface area is 161 Å². The van der Waals surface area contributed by atoms with E-state index in [0.717, 1.165) is 38.9 Å². The number of nitrogens with one attached hydrogen (secondary N) is 2. The van der Waals surface area contributed by atoms with Crippen molar-refractivity contribution in [3.05, 3.63) is 53.9 Å². The lowest BCUT2D eigenvalue weighted by Gasteiger charge is -2.33. The van der Waals surface area contributed by atoms with Gasteiger partial charge in [0.25, 0.3) is 5.91 Å². The molecule has 1 aromatic heterocycles. The van der Waals surface area contributed by atoms with E-state index in [9.17, 15) is 4.79 Å². The number of hydrogen-bond acceptors (Lipinski definition) is 5. The van der Waals surface area contributed by atoms with Crippen molar-refractivity contribution in [2.75, 3.05) is 25.0 Å². The number of hydrogen-bond donors (Lipinski definition) is 2. The van der Waals surface area contributed by atoms with Crippen LogP contribution in [-0.4, -0.2) is 52.5 Å². The summed E-state index contributed by atoms with van der Waals surface area (Å²) in [4.78, 5) is 23.4. The summed E-state index contributed by atoms with van der Waals surface area (Å²) in [6.07, 6.45) is 6.33. The average Bonchev–Trinajstić information content (AvgIpc) is 2.67. The molecule has 1 aliphatic heterocycles. The Morgan fingerprint density at radius 3 is 2.67 bits per heavy atom. The molecule has 0 saturated carbocycles. The van der Waals surface area contributed by atoms with Crippen LogP contribution in [0.4, 0.5) is 5.95 Å². The van der Waals surface area contributed by atoms with E-state index in [4.69, 9.17) is 0 Å². The highest BCUT2D eigenvalue weighted by molar-refractivity contribution is 5.93. The Bertz CT molecular complexity index is 717. The minimum Gasteiger partial charge on any atom is -0.352 e. The van der Waals surface area contributed by atoms with Crippen molar-refractivity contribution >= 4 is 11.9 Å². The van der Waals surface area contributed by atoms with Crippen molar-refractivity contribution in [1.29, 1.82) is 0 Å². The van der Waals surface area contributed by atoms with Gasteiger partial charge in [0.2, 0.25) is 5.95 Å². The lowest BCUT2D eigenvalue weighted by atomic mass is 10.0. The Hall–Kier alpha value is -2.47. The van der Waals surface area contributed by atoms with Crippen molar-refractivity contribution in [3.63, 3.8) is 0 Å². The summed E-state index contributed by atoms with van der Waals surface area (Å²) < 4.78 is 0.